The predicted octanol–water partition coefficient (Wildman–Crippen LogP) is 4.10. The lowest BCUT2D eigenvalue weighted by atomic mass is 10.1. The van der Waals surface area contributed by atoms with E-state index in [1.54, 1.807) is 0 Å². The van der Waals surface area contributed by atoms with E-state index in [1.807, 2.05) is 48.5 Å². The van der Waals surface area contributed by atoms with Crippen molar-refractivity contribution in [3.63, 3.8) is 0 Å². The molecule has 0 unspecified atom stereocenters. The van der Waals surface area contributed by atoms with Gasteiger partial charge in [0.05, 0.1) is 0 Å². The fraction of sp³-hybridized carbons (Fsp3) is 0.286. The number of amides is 1. The van der Waals surface area contributed by atoms with Crippen LogP contribution in [0.2, 0.25) is 0 Å². The fourth-order valence-corrected chi connectivity index (χ4v) is 3.32. The largest absolute Gasteiger partial charge is 0.322 e. The van der Waals surface area contributed by atoms with Crippen molar-refractivity contribution in [2.75, 3.05) is 5.32 Å². The van der Waals surface area contributed by atoms with Gasteiger partial charge in [-0.1, -0.05) is 19.1 Å². The molecule has 5 heteroatoms. The van der Waals surface area contributed by atoms with Gasteiger partial charge in [0, 0.05) is 29.8 Å². The van der Waals surface area contributed by atoms with Crippen LogP contribution < -0.4 is 5.32 Å². The van der Waals surface area contributed by atoms with Gasteiger partial charge in [-0.05, 0) is 61.2 Å². The number of hydrogen-bond acceptors (Lipinski definition) is 3. The Balaban J connectivity index is 1.49. The molecule has 0 radical (unpaired) electrons. The molecule has 0 bridgehead atoms. The summed E-state index contributed by atoms with van der Waals surface area (Å²) in [5.41, 5.74) is 3.69. The van der Waals surface area contributed by atoms with Crippen LogP contribution in [0.25, 0.3) is 11.4 Å². The number of nitrogens with one attached hydrogen (secondary N) is 1. The summed E-state index contributed by atoms with van der Waals surface area (Å²) >= 11 is 0. The first kappa shape index (κ1) is 16.5. The number of aryl methyl sites for hydroxylation is 2. The van der Waals surface area contributed by atoms with Gasteiger partial charge in [-0.2, -0.15) is 0 Å². The Labute approximate surface area is 153 Å². The molecule has 1 N–H and O–H groups in total. The lowest BCUT2D eigenvalue weighted by molar-refractivity contribution is 0.102. The van der Waals surface area contributed by atoms with Crippen molar-refractivity contribution in [3.8, 4) is 11.4 Å². The van der Waals surface area contributed by atoms with E-state index in [4.69, 9.17) is 0 Å². The maximum Gasteiger partial charge on any atom is 0.255 e. The first-order chi connectivity index (χ1) is 12.7. The van der Waals surface area contributed by atoms with Crippen molar-refractivity contribution in [2.45, 2.75) is 39.2 Å². The van der Waals surface area contributed by atoms with Gasteiger partial charge in [0.1, 0.15) is 5.82 Å². The molecule has 3 aromatic rings. The van der Waals surface area contributed by atoms with Crippen LogP contribution >= 0.6 is 0 Å². The standard InChI is InChI=1S/C21H22N4O/c1-2-15-6-8-17(9-7-15)21(26)22-18-12-10-16(11-13-18)20-24-23-19-5-3-4-14-25(19)20/h6-13H,2-5,14H2,1H3,(H,22,26). The highest BCUT2D eigenvalue weighted by Gasteiger charge is 2.16. The third-order valence-corrected chi connectivity index (χ3v) is 4.88. The second-order valence-electron chi connectivity index (χ2n) is 6.63. The molecule has 4 rings (SSSR count). The highest BCUT2D eigenvalue weighted by molar-refractivity contribution is 6.04. The van der Waals surface area contributed by atoms with Crippen molar-refractivity contribution < 1.29 is 4.79 Å². The minimum absolute atomic E-state index is 0.0970. The first-order valence-electron chi connectivity index (χ1n) is 9.17. The van der Waals surface area contributed by atoms with E-state index in [-0.39, 0.29) is 5.91 Å². The van der Waals surface area contributed by atoms with E-state index in [0.29, 0.717) is 5.56 Å². The molecule has 0 fully saturated rings. The smallest absolute Gasteiger partial charge is 0.255 e. The molecule has 1 amide bonds. The minimum Gasteiger partial charge on any atom is -0.322 e. The van der Waals surface area contributed by atoms with E-state index >= 15 is 0 Å². The molecule has 2 aromatic carbocycles. The molecule has 0 atom stereocenters. The van der Waals surface area contributed by atoms with Crippen LogP contribution in [0.5, 0.6) is 0 Å². The lowest BCUT2D eigenvalue weighted by Gasteiger charge is -2.14. The number of hydrogen-bond donors (Lipinski definition) is 1. The van der Waals surface area contributed by atoms with Crippen LogP contribution in [0.3, 0.4) is 0 Å². The van der Waals surface area contributed by atoms with Crippen LogP contribution in [0.4, 0.5) is 5.69 Å². The van der Waals surface area contributed by atoms with Gasteiger partial charge in [0.2, 0.25) is 0 Å². The molecule has 2 heterocycles. The zero-order valence-corrected chi connectivity index (χ0v) is 14.9. The van der Waals surface area contributed by atoms with Gasteiger partial charge in [0.15, 0.2) is 5.82 Å². The van der Waals surface area contributed by atoms with Crippen molar-refractivity contribution >= 4 is 11.6 Å². The van der Waals surface area contributed by atoms with E-state index in [2.05, 4.69) is 27.0 Å². The third-order valence-electron chi connectivity index (χ3n) is 4.88. The summed E-state index contributed by atoms with van der Waals surface area (Å²) < 4.78 is 2.20. The summed E-state index contributed by atoms with van der Waals surface area (Å²) in [7, 11) is 0. The van der Waals surface area contributed by atoms with Crippen molar-refractivity contribution in [2.24, 2.45) is 0 Å². The number of carbonyl (C=O) groups is 1. The Morgan fingerprint density at radius 3 is 2.54 bits per heavy atom. The summed E-state index contributed by atoms with van der Waals surface area (Å²) in [6, 6.07) is 15.5. The summed E-state index contributed by atoms with van der Waals surface area (Å²) in [6.45, 7) is 3.08. The molecule has 5 nitrogen and oxygen atoms in total. The van der Waals surface area contributed by atoms with E-state index < -0.39 is 0 Å². The van der Waals surface area contributed by atoms with Crippen molar-refractivity contribution in [1.29, 1.82) is 0 Å². The average molecular weight is 346 g/mol. The minimum atomic E-state index is -0.0970. The Morgan fingerprint density at radius 1 is 1.04 bits per heavy atom. The number of nitrogens with zero attached hydrogens (tertiary/aromatic N) is 3. The quantitative estimate of drug-likeness (QED) is 0.774. The van der Waals surface area contributed by atoms with Crippen molar-refractivity contribution in [3.05, 3.63) is 65.5 Å². The van der Waals surface area contributed by atoms with E-state index in [1.165, 1.54) is 18.4 Å². The van der Waals surface area contributed by atoms with E-state index in [9.17, 15) is 4.79 Å². The highest BCUT2D eigenvalue weighted by Crippen LogP contribution is 2.24. The number of carbonyl (C=O) groups excluding carboxylic acids is 1. The maximum absolute atomic E-state index is 12.4. The SMILES string of the molecule is CCc1ccc(C(=O)Nc2ccc(-c3nnc4n3CCCC4)cc2)cc1. The molecular formula is C21H22N4O. The molecule has 1 aliphatic rings. The molecule has 0 saturated carbocycles. The predicted molar refractivity (Wildman–Crippen MR) is 102 cm³/mol. The van der Waals surface area contributed by atoms with Gasteiger partial charge < -0.3 is 9.88 Å². The van der Waals surface area contributed by atoms with Crippen LogP contribution in [0.1, 0.15) is 41.5 Å². The zero-order chi connectivity index (χ0) is 17.9. The van der Waals surface area contributed by atoms with Gasteiger partial charge in [-0.15, -0.1) is 10.2 Å². The van der Waals surface area contributed by atoms with Crippen LogP contribution in [-0.4, -0.2) is 20.7 Å². The zero-order valence-electron chi connectivity index (χ0n) is 14.9. The number of anilines is 1. The molecule has 26 heavy (non-hydrogen) atoms. The van der Waals surface area contributed by atoms with E-state index in [0.717, 1.165) is 42.3 Å². The maximum atomic E-state index is 12.4. The Kier molecular flexibility index (Phi) is 4.52. The molecule has 1 aromatic heterocycles. The Morgan fingerprint density at radius 2 is 1.81 bits per heavy atom. The molecule has 0 aliphatic carbocycles. The summed E-state index contributed by atoms with van der Waals surface area (Å²) in [6.07, 6.45) is 4.32. The monoisotopic (exact) mass is 346 g/mol. The van der Waals surface area contributed by atoms with Crippen LogP contribution in [0.15, 0.2) is 48.5 Å². The second kappa shape index (κ2) is 7.12. The highest BCUT2D eigenvalue weighted by atomic mass is 16.1. The fourth-order valence-electron chi connectivity index (χ4n) is 3.32. The molecular weight excluding hydrogens is 324 g/mol. The van der Waals surface area contributed by atoms with Gasteiger partial charge in [-0.3, -0.25) is 4.79 Å². The number of fused-ring (bicyclic) bond motifs is 1. The number of aromatic nitrogens is 3. The van der Waals surface area contributed by atoms with Gasteiger partial charge in [-0.25, -0.2) is 0 Å². The topological polar surface area (TPSA) is 59.8 Å². The average Bonchev–Trinajstić information content (AvgIpc) is 3.13. The molecule has 0 saturated heterocycles. The Hall–Kier alpha value is -2.95. The lowest BCUT2D eigenvalue weighted by Crippen LogP contribution is -2.12. The molecule has 132 valence electrons. The van der Waals surface area contributed by atoms with Gasteiger partial charge >= 0.3 is 0 Å². The summed E-state index contributed by atoms with van der Waals surface area (Å²) in [5, 5.41) is 11.6. The summed E-state index contributed by atoms with van der Waals surface area (Å²) in [4.78, 5) is 12.4. The van der Waals surface area contributed by atoms with Crippen LogP contribution in [0, 0.1) is 0 Å². The third kappa shape index (κ3) is 3.25. The normalized spacial score (nSPS) is 13.3. The Bertz CT molecular complexity index is 910. The second-order valence-corrected chi connectivity index (χ2v) is 6.63. The molecule has 0 spiro atoms. The van der Waals surface area contributed by atoms with Crippen LogP contribution in [-0.2, 0) is 19.4 Å². The van der Waals surface area contributed by atoms with Crippen molar-refractivity contribution in [1.82, 2.24) is 14.8 Å². The number of benzene rings is 2. The van der Waals surface area contributed by atoms with Gasteiger partial charge in [0.25, 0.3) is 5.91 Å². The molecule has 1 aliphatic heterocycles. The first-order valence-corrected chi connectivity index (χ1v) is 9.17. The number of rotatable bonds is 4. The summed E-state index contributed by atoms with van der Waals surface area (Å²) in [5.74, 6) is 1.88.